The van der Waals surface area contributed by atoms with E-state index in [-0.39, 0.29) is 100 Å². The fourth-order valence-corrected chi connectivity index (χ4v) is 8.87. The molecule has 5 fully saturated rings. The number of hydrogen-bond acceptors (Lipinski definition) is 17. The van der Waals surface area contributed by atoms with Crippen molar-refractivity contribution in [3.63, 3.8) is 0 Å². The van der Waals surface area contributed by atoms with Crippen molar-refractivity contribution in [2.75, 3.05) is 27.4 Å². The molecule has 56 heavy (non-hydrogen) atoms. The smallest absolute Gasteiger partial charge is 0.306 e. The highest BCUT2D eigenvalue weighted by atomic mass is 16.5. The zero-order valence-corrected chi connectivity index (χ0v) is 32.0. The van der Waals surface area contributed by atoms with Crippen LogP contribution in [0.1, 0.15) is 77.0 Å². The first kappa shape index (κ1) is 43.8. The average molecular weight is 797 g/mol. The second-order valence-electron chi connectivity index (χ2n) is 15.8. The van der Waals surface area contributed by atoms with E-state index < -0.39 is 59.6 Å². The topological polar surface area (TPSA) is 310 Å². The van der Waals surface area contributed by atoms with Crippen molar-refractivity contribution in [1.29, 1.82) is 0 Å². The molecule has 0 aromatic heterocycles. The molecule has 4 aliphatic carbocycles. The summed E-state index contributed by atoms with van der Waals surface area (Å²) in [5.41, 5.74) is 0. The molecular weight excluding hydrogens is 736 g/mol. The Balaban J connectivity index is 1.14. The van der Waals surface area contributed by atoms with Crippen molar-refractivity contribution in [2.45, 2.75) is 144 Å². The van der Waals surface area contributed by atoms with Gasteiger partial charge in [0.15, 0.2) is 0 Å². The number of carbonyl (C=O) groups is 4. The van der Waals surface area contributed by atoms with Crippen molar-refractivity contribution in [1.82, 2.24) is 31.9 Å². The predicted molar refractivity (Wildman–Crippen MR) is 196 cm³/mol. The van der Waals surface area contributed by atoms with E-state index in [2.05, 4.69) is 52.4 Å². The molecule has 12 atom stereocenters. The Morgan fingerprint density at radius 1 is 0.536 bits per heavy atom. The predicted octanol–water partition coefficient (Wildman–Crippen LogP) is 0.0655. The van der Waals surface area contributed by atoms with E-state index >= 15 is 0 Å². The average Bonchev–Trinajstić information content (AvgIpc) is 3.18. The van der Waals surface area contributed by atoms with Gasteiger partial charge >= 0.3 is 23.9 Å². The lowest BCUT2D eigenvalue weighted by Crippen LogP contribution is -2.79. The molecule has 0 aromatic rings. The number of carboxylic acids is 4. The van der Waals surface area contributed by atoms with Gasteiger partial charge in [0, 0.05) is 32.8 Å². The van der Waals surface area contributed by atoms with E-state index in [1.807, 2.05) is 0 Å². The van der Waals surface area contributed by atoms with E-state index in [1.165, 1.54) is 0 Å². The fourth-order valence-electron chi connectivity index (χ4n) is 8.87. The third-order valence-electron chi connectivity index (χ3n) is 11.9. The van der Waals surface area contributed by atoms with Gasteiger partial charge in [0.05, 0.1) is 66.7 Å². The largest absolute Gasteiger partial charge is 0.481 e. The summed E-state index contributed by atoms with van der Waals surface area (Å²) in [6.45, 7) is 0.294. The minimum absolute atomic E-state index is 0.0539. The number of rotatable bonds is 17. The summed E-state index contributed by atoms with van der Waals surface area (Å²) in [6, 6.07) is -1.35. The lowest BCUT2D eigenvalue weighted by Gasteiger charge is -2.45. The van der Waals surface area contributed by atoms with Gasteiger partial charge in [-0.1, -0.05) is 0 Å². The molecule has 1 aliphatic heterocycles. The zero-order valence-electron chi connectivity index (χ0n) is 32.0. The van der Waals surface area contributed by atoms with Crippen LogP contribution in [0.5, 0.6) is 0 Å². The molecule has 0 bridgehead atoms. The van der Waals surface area contributed by atoms with Gasteiger partial charge < -0.3 is 35.0 Å². The quantitative estimate of drug-likeness (QED) is 0.0868. The number of azo groups is 2. The van der Waals surface area contributed by atoms with Crippen LogP contribution >= 0.6 is 0 Å². The van der Waals surface area contributed by atoms with Crippen LogP contribution in [-0.2, 0) is 28.7 Å². The summed E-state index contributed by atoms with van der Waals surface area (Å²) < 4.78 is 11.8. The number of nitrogens with one attached hydrogen (secondary N) is 6. The molecule has 12 unspecified atom stereocenters. The molecule has 5 rings (SSSR count). The first-order valence-corrected chi connectivity index (χ1v) is 19.8. The highest BCUT2D eigenvalue weighted by molar-refractivity contribution is 5.75. The summed E-state index contributed by atoms with van der Waals surface area (Å²) in [7, 11) is 3.29. The van der Waals surface area contributed by atoms with Crippen molar-refractivity contribution in [3.05, 3.63) is 0 Å². The van der Waals surface area contributed by atoms with Crippen LogP contribution < -0.4 is 31.9 Å². The van der Waals surface area contributed by atoms with Crippen molar-refractivity contribution < 1.29 is 54.2 Å². The van der Waals surface area contributed by atoms with E-state index in [1.54, 1.807) is 14.2 Å². The van der Waals surface area contributed by atoms with Gasteiger partial charge in [0.2, 0.25) is 0 Å². The molecule has 21 heteroatoms. The number of nitrogens with zero attached hydrogens (tertiary/aromatic N) is 4. The SMILES string of the molecule is COC1CC(N=NC2CC(C(=O)O)CC(C(=O)O)C2)CCC1NC1NC(NCCO)NC(NC2CCC(N=NC3CC(C(=O)O)CC(C(=O)O)C3)CC2OC)N1. The van der Waals surface area contributed by atoms with Crippen molar-refractivity contribution >= 4 is 23.9 Å². The second-order valence-corrected chi connectivity index (χ2v) is 15.8. The first-order chi connectivity index (χ1) is 26.8. The molecule has 4 saturated carbocycles. The summed E-state index contributed by atoms with van der Waals surface area (Å²) in [6.07, 6.45) is 3.67. The molecule has 0 aromatic carbocycles. The summed E-state index contributed by atoms with van der Waals surface area (Å²) in [5.74, 6) is -7.06. The molecule has 0 amide bonds. The first-order valence-electron chi connectivity index (χ1n) is 19.8. The maximum absolute atomic E-state index is 11.6. The molecule has 1 saturated heterocycles. The Bertz CT molecular complexity index is 1260. The normalized spacial score (nSPS) is 39.7. The minimum atomic E-state index is -1.01. The Kier molecular flexibility index (Phi) is 16.4. The van der Waals surface area contributed by atoms with Crippen LogP contribution in [0, 0.1) is 23.7 Å². The number of aliphatic hydroxyl groups is 1. The van der Waals surface area contributed by atoms with Gasteiger partial charge in [-0.25, -0.2) is 0 Å². The van der Waals surface area contributed by atoms with Crippen molar-refractivity contribution in [3.8, 4) is 0 Å². The highest BCUT2D eigenvalue weighted by Gasteiger charge is 2.40. The monoisotopic (exact) mass is 796 g/mol. The van der Waals surface area contributed by atoms with Gasteiger partial charge in [-0.3, -0.25) is 51.1 Å². The molecule has 1 heterocycles. The van der Waals surface area contributed by atoms with E-state index in [4.69, 9.17) is 9.47 Å². The van der Waals surface area contributed by atoms with Crippen LogP contribution in [0.15, 0.2) is 20.5 Å². The number of carboxylic acid groups (broad SMARTS) is 4. The highest BCUT2D eigenvalue weighted by Crippen LogP contribution is 2.34. The second kappa shape index (κ2) is 20.9. The standard InChI is InChI=1S/C35H60N10O11/c1-55-27-15-21(42-44-23-11-17(29(47)48)9-18(12-23)30(49)50)3-5-25(27)37-34-39-33(36-7-8-46)40-35(41-34)38-26-6-4-22(16-28(26)56-2)43-45-24-13-19(31(51)52)10-20(14-24)32(53)54/h17-28,33-41,46H,3-16H2,1-2H3,(H,47,48)(H,49,50)(H,51,52)(H,53,54). The van der Waals surface area contributed by atoms with Gasteiger partial charge in [0.1, 0.15) is 18.9 Å². The number of aliphatic hydroxyl groups excluding tert-OH is 1. The van der Waals surface area contributed by atoms with Gasteiger partial charge in [-0.2, -0.15) is 20.5 Å². The fraction of sp³-hybridized carbons (Fsp3) is 0.886. The number of methoxy groups -OCH3 is 2. The van der Waals surface area contributed by atoms with E-state index in [9.17, 15) is 44.7 Å². The zero-order chi connectivity index (χ0) is 40.4. The van der Waals surface area contributed by atoms with E-state index in [0.29, 0.717) is 45.1 Å². The molecule has 5 aliphatic rings. The summed E-state index contributed by atoms with van der Waals surface area (Å²) in [4.78, 5) is 46.6. The van der Waals surface area contributed by atoms with Crippen molar-refractivity contribution in [2.24, 2.45) is 44.1 Å². The van der Waals surface area contributed by atoms with Crippen LogP contribution in [0.25, 0.3) is 0 Å². The Hall–Kier alpha value is -3.28. The Morgan fingerprint density at radius 2 is 0.893 bits per heavy atom. The third-order valence-corrected chi connectivity index (χ3v) is 11.9. The molecule has 11 N–H and O–H groups in total. The summed E-state index contributed by atoms with van der Waals surface area (Å²) in [5, 5.41) is 86.5. The summed E-state index contributed by atoms with van der Waals surface area (Å²) >= 11 is 0. The number of hydrogen-bond donors (Lipinski definition) is 11. The molecule has 316 valence electrons. The van der Waals surface area contributed by atoms with E-state index in [0.717, 1.165) is 0 Å². The molecular formula is C35H60N10O11. The molecule has 0 spiro atoms. The molecule has 0 radical (unpaired) electrons. The van der Waals surface area contributed by atoms with Crippen LogP contribution in [0.2, 0.25) is 0 Å². The van der Waals surface area contributed by atoms with Crippen LogP contribution in [0.3, 0.4) is 0 Å². The Morgan fingerprint density at radius 3 is 1.23 bits per heavy atom. The Labute approximate surface area is 325 Å². The molecule has 21 nitrogen and oxygen atoms in total. The third kappa shape index (κ3) is 12.4. The van der Waals surface area contributed by atoms with Crippen LogP contribution in [-0.4, -0.2) is 144 Å². The van der Waals surface area contributed by atoms with Gasteiger partial charge in [0.25, 0.3) is 0 Å². The van der Waals surface area contributed by atoms with Gasteiger partial charge in [-0.15, -0.1) is 0 Å². The minimum Gasteiger partial charge on any atom is -0.481 e. The number of aliphatic carboxylic acids is 4. The van der Waals surface area contributed by atoms with Gasteiger partial charge in [-0.05, 0) is 77.0 Å². The number of ether oxygens (including phenoxy) is 2. The lowest BCUT2D eigenvalue weighted by atomic mass is 9.79. The maximum atomic E-state index is 11.6. The van der Waals surface area contributed by atoms with Crippen LogP contribution in [0.4, 0.5) is 0 Å². The maximum Gasteiger partial charge on any atom is 0.306 e. The lowest BCUT2D eigenvalue weighted by molar-refractivity contribution is -0.150.